The van der Waals surface area contributed by atoms with Crippen LogP contribution in [-0.2, 0) is 0 Å². The van der Waals surface area contributed by atoms with Crippen LogP contribution in [0.15, 0.2) is 27.6 Å². The highest BCUT2D eigenvalue weighted by Crippen LogP contribution is 2.55. The van der Waals surface area contributed by atoms with E-state index >= 15 is 0 Å². The number of aliphatic hydroxyl groups is 1. The lowest BCUT2D eigenvalue weighted by molar-refractivity contribution is -0.0870. The highest BCUT2D eigenvalue weighted by Gasteiger charge is 2.50. The van der Waals surface area contributed by atoms with E-state index in [0.717, 1.165) is 23.1 Å². The Bertz CT molecular complexity index is 462. The van der Waals surface area contributed by atoms with E-state index in [1.807, 2.05) is 37.7 Å². The van der Waals surface area contributed by atoms with Crippen molar-refractivity contribution >= 4 is 27.7 Å². The molecule has 0 saturated heterocycles. The quantitative estimate of drug-likeness (QED) is 0.872. The average molecular weight is 345 g/mol. The predicted molar refractivity (Wildman–Crippen MR) is 84.0 cm³/mol. The van der Waals surface area contributed by atoms with Crippen molar-refractivity contribution in [2.24, 2.45) is 5.41 Å². The molecule has 0 bridgehead atoms. The summed E-state index contributed by atoms with van der Waals surface area (Å²) >= 11 is 5.35. The molecule has 1 aliphatic rings. The molecule has 19 heavy (non-hydrogen) atoms. The standard InChI is InChI=1S/C15H21BrO2S/c1-14(2,17)15(3)8-11(9-15)19-13-7-10(16)5-6-12(13)18-4/h5-7,11,17H,8-9H2,1-4H3. The van der Waals surface area contributed by atoms with E-state index in [2.05, 4.69) is 28.9 Å². The van der Waals surface area contributed by atoms with E-state index in [4.69, 9.17) is 4.74 Å². The minimum Gasteiger partial charge on any atom is -0.496 e. The summed E-state index contributed by atoms with van der Waals surface area (Å²) in [5.74, 6) is 0.921. The highest BCUT2D eigenvalue weighted by atomic mass is 79.9. The van der Waals surface area contributed by atoms with Crippen molar-refractivity contribution in [2.75, 3.05) is 7.11 Å². The van der Waals surface area contributed by atoms with Gasteiger partial charge in [0.15, 0.2) is 0 Å². The van der Waals surface area contributed by atoms with Gasteiger partial charge in [0.2, 0.25) is 0 Å². The summed E-state index contributed by atoms with van der Waals surface area (Å²) in [7, 11) is 1.70. The first-order chi connectivity index (χ1) is 8.75. The van der Waals surface area contributed by atoms with Gasteiger partial charge in [-0.15, -0.1) is 11.8 Å². The third-order valence-electron chi connectivity index (χ3n) is 4.25. The Labute approximate surface area is 128 Å². The third kappa shape index (κ3) is 3.11. The van der Waals surface area contributed by atoms with Gasteiger partial charge in [-0.25, -0.2) is 0 Å². The molecule has 0 atom stereocenters. The zero-order chi connectivity index (χ0) is 14.3. The Balaban J connectivity index is 2.04. The first kappa shape index (κ1) is 15.2. The van der Waals surface area contributed by atoms with E-state index in [1.54, 1.807) is 7.11 Å². The zero-order valence-corrected chi connectivity index (χ0v) is 14.3. The normalized spacial score (nSPS) is 26.9. The van der Waals surface area contributed by atoms with Crippen LogP contribution < -0.4 is 4.74 Å². The Morgan fingerprint density at radius 1 is 1.42 bits per heavy atom. The molecule has 1 fully saturated rings. The summed E-state index contributed by atoms with van der Waals surface area (Å²) < 4.78 is 6.47. The van der Waals surface area contributed by atoms with Gasteiger partial charge in [0.1, 0.15) is 5.75 Å². The van der Waals surface area contributed by atoms with Crippen molar-refractivity contribution in [3.05, 3.63) is 22.7 Å². The van der Waals surface area contributed by atoms with Gasteiger partial charge in [-0.1, -0.05) is 22.9 Å². The van der Waals surface area contributed by atoms with Gasteiger partial charge in [0, 0.05) is 9.72 Å². The van der Waals surface area contributed by atoms with Crippen molar-refractivity contribution in [2.45, 2.75) is 49.4 Å². The molecule has 4 heteroatoms. The van der Waals surface area contributed by atoms with Gasteiger partial charge in [-0.3, -0.25) is 0 Å². The summed E-state index contributed by atoms with van der Waals surface area (Å²) in [5, 5.41) is 10.7. The number of methoxy groups -OCH3 is 1. The molecule has 0 heterocycles. The zero-order valence-electron chi connectivity index (χ0n) is 11.9. The average Bonchev–Trinajstić information content (AvgIpc) is 2.25. The second-order valence-electron chi connectivity index (χ2n) is 6.06. The van der Waals surface area contributed by atoms with Gasteiger partial charge >= 0.3 is 0 Å². The van der Waals surface area contributed by atoms with E-state index in [9.17, 15) is 5.11 Å². The monoisotopic (exact) mass is 344 g/mol. The molecule has 2 nitrogen and oxygen atoms in total. The van der Waals surface area contributed by atoms with Crippen molar-refractivity contribution in [1.82, 2.24) is 0 Å². The van der Waals surface area contributed by atoms with E-state index in [1.165, 1.54) is 4.90 Å². The molecule has 0 spiro atoms. The summed E-state index contributed by atoms with van der Waals surface area (Å²) in [5.41, 5.74) is -0.574. The van der Waals surface area contributed by atoms with E-state index < -0.39 is 5.60 Å². The Kier molecular flexibility index (Phi) is 4.24. The molecule has 1 saturated carbocycles. The summed E-state index contributed by atoms with van der Waals surface area (Å²) in [6.45, 7) is 5.99. The van der Waals surface area contributed by atoms with Crippen LogP contribution in [0.2, 0.25) is 0 Å². The summed E-state index contributed by atoms with van der Waals surface area (Å²) in [4.78, 5) is 1.17. The lowest BCUT2D eigenvalue weighted by Crippen LogP contribution is -2.51. The van der Waals surface area contributed by atoms with E-state index in [0.29, 0.717) is 5.25 Å². The molecule has 1 aliphatic carbocycles. The van der Waals surface area contributed by atoms with Crippen LogP contribution in [0, 0.1) is 5.41 Å². The van der Waals surface area contributed by atoms with Crippen LogP contribution in [0.3, 0.4) is 0 Å². The van der Waals surface area contributed by atoms with Crippen LogP contribution in [0.4, 0.5) is 0 Å². The number of ether oxygens (including phenoxy) is 1. The number of thioether (sulfide) groups is 1. The predicted octanol–water partition coefficient (Wildman–Crippen LogP) is 4.49. The lowest BCUT2D eigenvalue weighted by atomic mass is 9.61. The van der Waals surface area contributed by atoms with Crippen LogP contribution >= 0.6 is 27.7 Å². The van der Waals surface area contributed by atoms with Crippen LogP contribution in [0.1, 0.15) is 33.6 Å². The van der Waals surface area contributed by atoms with Gasteiger partial charge in [0.05, 0.1) is 17.6 Å². The molecule has 0 aliphatic heterocycles. The Hall–Kier alpha value is -0.190. The van der Waals surface area contributed by atoms with Crippen molar-refractivity contribution in [1.29, 1.82) is 0 Å². The van der Waals surface area contributed by atoms with Crippen molar-refractivity contribution < 1.29 is 9.84 Å². The van der Waals surface area contributed by atoms with Crippen LogP contribution in [0.25, 0.3) is 0 Å². The number of rotatable bonds is 4. The maximum Gasteiger partial charge on any atom is 0.132 e. The number of benzene rings is 1. The number of hydrogen-bond donors (Lipinski definition) is 1. The first-order valence-electron chi connectivity index (χ1n) is 6.48. The molecule has 0 amide bonds. The second-order valence-corrected chi connectivity index (χ2v) is 8.32. The van der Waals surface area contributed by atoms with Gasteiger partial charge in [0.25, 0.3) is 0 Å². The minimum atomic E-state index is -0.606. The van der Waals surface area contributed by atoms with Gasteiger partial charge in [-0.05, 0) is 50.3 Å². The fourth-order valence-electron chi connectivity index (χ4n) is 2.45. The summed E-state index contributed by atoms with van der Waals surface area (Å²) in [6.07, 6.45) is 2.08. The SMILES string of the molecule is COc1ccc(Br)cc1SC1CC(C)(C(C)(C)O)C1. The van der Waals surface area contributed by atoms with Crippen LogP contribution in [0.5, 0.6) is 5.75 Å². The number of hydrogen-bond acceptors (Lipinski definition) is 3. The van der Waals surface area contributed by atoms with E-state index in [-0.39, 0.29) is 5.41 Å². The molecule has 1 aromatic carbocycles. The molecule has 106 valence electrons. The molecular weight excluding hydrogens is 324 g/mol. The lowest BCUT2D eigenvalue weighted by Gasteiger charge is -2.52. The molecule has 0 unspecified atom stereocenters. The van der Waals surface area contributed by atoms with Gasteiger partial charge < -0.3 is 9.84 Å². The smallest absolute Gasteiger partial charge is 0.132 e. The summed E-state index contributed by atoms with van der Waals surface area (Å²) in [6, 6.07) is 6.08. The fourth-order valence-corrected chi connectivity index (χ4v) is 4.69. The maximum atomic E-state index is 10.2. The second kappa shape index (κ2) is 5.30. The largest absolute Gasteiger partial charge is 0.496 e. The molecule has 1 aromatic rings. The van der Waals surface area contributed by atoms with Crippen molar-refractivity contribution in [3.8, 4) is 5.75 Å². The fraction of sp³-hybridized carbons (Fsp3) is 0.600. The minimum absolute atomic E-state index is 0.0317. The van der Waals surface area contributed by atoms with Crippen LogP contribution in [-0.4, -0.2) is 23.1 Å². The highest BCUT2D eigenvalue weighted by molar-refractivity contribution is 9.10. The molecular formula is C15H21BrO2S. The number of halogens is 1. The molecule has 0 radical (unpaired) electrons. The molecule has 0 aromatic heterocycles. The Morgan fingerprint density at radius 2 is 2.05 bits per heavy atom. The topological polar surface area (TPSA) is 29.5 Å². The third-order valence-corrected chi connectivity index (χ3v) is 5.99. The maximum absolute atomic E-state index is 10.2. The molecule has 1 N–H and O–H groups in total. The van der Waals surface area contributed by atoms with Crippen molar-refractivity contribution in [3.63, 3.8) is 0 Å². The Morgan fingerprint density at radius 3 is 2.58 bits per heavy atom. The first-order valence-corrected chi connectivity index (χ1v) is 8.15. The molecule has 2 rings (SSSR count). The van der Waals surface area contributed by atoms with Gasteiger partial charge in [-0.2, -0.15) is 0 Å².